The Morgan fingerprint density at radius 2 is 1.67 bits per heavy atom. The number of esters is 1. The predicted octanol–water partition coefficient (Wildman–Crippen LogP) is 6.21. The first-order valence-electron chi connectivity index (χ1n) is 12.2. The minimum Gasteiger partial charge on any atom is -0.456 e. The van der Waals surface area contributed by atoms with Gasteiger partial charge in [-0.15, -0.1) is 0 Å². The van der Waals surface area contributed by atoms with E-state index in [1.54, 1.807) is 6.07 Å². The maximum atomic E-state index is 13.1. The molecule has 1 spiro atoms. The van der Waals surface area contributed by atoms with E-state index < -0.39 is 5.60 Å². The standard InChI is InChI=1S/C30H26N2O4/c1-4-32(5-2)19-13-15-24-27(17-19)35-28-21-10-8-12-26(31-18(3)33)20(21)14-16-25(28)30(24)23-11-7-6-9-22(23)29(34)36-30/h6-17H,4-5H2,1-3H3,(H,31,33). The number of hydrogen-bond donors (Lipinski definition) is 1. The number of carbonyl (C=O) groups excluding carboxylic acids is 2. The van der Waals surface area contributed by atoms with Gasteiger partial charge in [0.15, 0.2) is 5.60 Å². The van der Waals surface area contributed by atoms with Gasteiger partial charge in [-0.3, -0.25) is 4.79 Å². The van der Waals surface area contributed by atoms with Crippen molar-refractivity contribution in [2.24, 2.45) is 0 Å². The topological polar surface area (TPSA) is 67.9 Å². The molecule has 2 aliphatic heterocycles. The highest BCUT2D eigenvalue weighted by Crippen LogP contribution is 2.58. The van der Waals surface area contributed by atoms with Gasteiger partial charge in [-0.05, 0) is 44.2 Å². The molecule has 2 aliphatic rings. The average molecular weight is 479 g/mol. The molecule has 6 rings (SSSR count). The normalized spacial score (nSPS) is 17.1. The summed E-state index contributed by atoms with van der Waals surface area (Å²) in [7, 11) is 0. The second kappa shape index (κ2) is 8.12. The van der Waals surface area contributed by atoms with Crippen LogP contribution in [0.2, 0.25) is 0 Å². The molecular formula is C30H26N2O4. The van der Waals surface area contributed by atoms with Crippen LogP contribution < -0.4 is 15.0 Å². The maximum absolute atomic E-state index is 13.1. The van der Waals surface area contributed by atoms with E-state index in [0.29, 0.717) is 22.7 Å². The van der Waals surface area contributed by atoms with E-state index in [4.69, 9.17) is 9.47 Å². The SMILES string of the molecule is CCN(CC)c1ccc2c(c1)Oc1c(ccc3c(NC(C)=O)cccc13)C21OC(=O)c2ccccc21. The van der Waals surface area contributed by atoms with Crippen molar-refractivity contribution in [1.82, 2.24) is 0 Å². The van der Waals surface area contributed by atoms with Crippen molar-refractivity contribution in [2.75, 3.05) is 23.3 Å². The summed E-state index contributed by atoms with van der Waals surface area (Å²) in [6, 6.07) is 23.3. The first-order valence-corrected chi connectivity index (χ1v) is 12.2. The number of ether oxygens (including phenoxy) is 2. The van der Waals surface area contributed by atoms with Gasteiger partial charge in [0.2, 0.25) is 5.91 Å². The predicted molar refractivity (Wildman–Crippen MR) is 140 cm³/mol. The number of nitrogens with zero attached hydrogens (tertiary/aromatic N) is 1. The monoisotopic (exact) mass is 478 g/mol. The minimum absolute atomic E-state index is 0.148. The van der Waals surface area contributed by atoms with Crippen LogP contribution in [0, 0.1) is 0 Å². The van der Waals surface area contributed by atoms with Gasteiger partial charge in [0.05, 0.1) is 5.56 Å². The molecule has 4 aromatic carbocycles. The summed E-state index contributed by atoms with van der Waals surface area (Å²) in [6.07, 6.45) is 0. The number of nitrogens with one attached hydrogen (secondary N) is 1. The van der Waals surface area contributed by atoms with Gasteiger partial charge in [-0.1, -0.05) is 36.4 Å². The molecule has 0 fully saturated rings. The summed E-state index contributed by atoms with van der Waals surface area (Å²) in [4.78, 5) is 27.2. The molecule has 2 heterocycles. The van der Waals surface area contributed by atoms with Gasteiger partial charge in [0.1, 0.15) is 11.5 Å². The van der Waals surface area contributed by atoms with Crippen LogP contribution >= 0.6 is 0 Å². The summed E-state index contributed by atoms with van der Waals surface area (Å²) >= 11 is 0. The molecule has 0 bridgehead atoms. The molecule has 0 saturated heterocycles. The Morgan fingerprint density at radius 3 is 2.44 bits per heavy atom. The van der Waals surface area contributed by atoms with Crippen LogP contribution in [0.1, 0.15) is 47.8 Å². The molecule has 0 radical (unpaired) electrons. The van der Waals surface area contributed by atoms with Crippen molar-refractivity contribution >= 4 is 34.0 Å². The summed E-state index contributed by atoms with van der Waals surface area (Å²) in [5.74, 6) is 0.761. The number of rotatable bonds is 4. The van der Waals surface area contributed by atoms with Crippen LogP contribution in [0.4, 0.5) is 11.4 Å². The Balaban J connectivity index is 1.67. The number of benzene rings is 4. The van der Waals surface area contributed by atoms with Gasteiger partial charge in [-0.2, -0.15) is 0 Å². The van der Waals surface area contributed by atoms with Crippen molar-refractivity contribution in [3.05, 3.63) is 95.1 Å². The molecule has 36 heavy (non-hydrogen) atoms. The van der Waals surface area contributed by atoms with E-state index in [1.807, 2.05) is 60.7 Å². The Bertz CT molecular complexity index is 1560. The Labute approximate surface area is 209 Å². The van der Waals surface area contributed by atoms with Crippen molar-refractivity contribution in [3.8, 4) is 11.5 Å². The molecule has 180 valence electrons. The zero-order chi connectivity index (χ0) is 25.0. The molecule has 1 amide bonds. The highest BCUT2D eigenvalue weighted by molar-refractivity contribution is 6.05. The Morgan fingerprint density at radius 1 is 0.889 bits per heavy atom. The molecule has 0 aliphatic carbocycles. The van der Waals surface area contributed by atoms with Gasteiger partial charge < -0.3 is 19.7 Å². The maximum Gasteiger partial charge on any atom is 0.340 e. The zero-order valence-electron chi connectivity index (χ0n) is 20.4. The molecule has 4 aromatic rings. The van der Waals surface area contributed by atoms with Crippen LogP contribution in [0.3, 0.4) is 0 Å². The molecule has 1 N–H and O–H groups in total. The third-order valence-electron chi connectivity index (χ3n) is 7.16. The minimum atomic E-state index is -1.13. The first kappa shape index (κ1) is 22.2. The first-order chi connectivity index (χ1) is 17.5. The number of hydrogen-bond acceptors (Lipinski definition) is 5. The van der Waals surface area contributed by atoms with E-state index in [1.165, 1.54) is 6.92 Å². The third-order valence-corrected chi connectivity index (χ3v) is 7.16. The van der Waals surface area contributed by atoms with Crippen LogP contribution in [-0.4, -0.2) is 25.0 Å². The second-order valence-electron chi connectivity index (χ2n) is 9.10. The lowest BCUT2D eigenvalue weighted by Crippen LogP contribution is -2.33. The summed E-state index contributed by atoms with van der Waals surface area (Å²) in [5, 5.41) is 4.59. The largest absolute Gasteiger partial charge is 0.456 e. The third kappa shape index (κ3) is 3.04. The summed E-state index contributed by atoms with van der Waals surface area (Å²) in [5.41, 5.74) is 3.51. The highest BCUT2D eigenvalue weighted by atomic mass is 16.6. The second-order valence-corrected chi connectivity index (χ2v) is 9.10. The van der Waals surface area contributed by atoms with Crippen LogP contribution in [0.25, 0.3) is 10.8 Å². The van der Waals surface area contributed by atoms with Crippen molar-refractivity contribution in [1.29, 1.82) is 0 Å². The fourth-order valence-electron chi connectivity index (χ4n) is 5.56. The van der Waals surface area contributed by atoms with Crippen LogP contribution in [0.5, 0.6) is 11.5 Å². The average Bonchev–Trinajstić information content (AvgIpc) is 3.17. The number of fused-ring (bicyclic) bond motifs is 8. The van der Waals surface area contributed by atoms with Crippen molar-refractivity contribution in [3.63, 3.8) is 0 Å². The number of carbonyl (C=O) groups is 2. The molecule has 0 saturated carbocycles. The quantitative estimate of drug-likeness (QED) is 0.353. The highest BCUT2D eigenvalue weighted by Gasteiger charge is 2.53. The molecule has 0 aromatic heterocycles. The van der Waals surface area contributed by atoms with Gasteiger partial charge in [0.25, 0.3) is 0 Å². The van der Waals surface area contributed by atoms with Crippen LogP contribution in [-0.2, 0) is 15.1 Å². The number of amides is 1. The van der Waals surface area contributed by atoms with Crippen LogP contribution in [0.15, 0.2) is 72.8 Å². The summed E-state index contributed by atoms with van der Waals surface area (Å²) in [6.45, 7) is 7.44. The zero-order valence-corrected chi connectivity index (χ0v) is 20.4. The molecule has 1 atom stereocenters. The fraction of sp³-hybridized carbons (Fsp3) is 0.200. The Kier molecular flexibility index (Phi) is 5.00. The van der Waals surface area contributed by atoms with Crippen molar-refractivity contribution < 1.29 is 19.1 Å². The van der Waals surface area contributed by atoms with Gasteiger partial charge >= 0.3 is 5.97 Å². The number of anilines is 2. The van der Waals surface area contributed by atoms with Gasteiger partial charge in [0, 0.05) is 64.9 Å². The molecular weight excluding hydrogens is 452 g/mol. The van der Waals surface area contributed by atoms with Crippen molar-refractivity contribution in [2.45, 2.75) is 26.4 Å². The van der Waals surface area contributed by atoms with E-state index >= 15 is 0 Å². The molecule has 1 unspecified atom stereocenters. The lowest BCUT2D eigenvalue weighted by molar-refractivity contribution is -0.114. The lowest BCUT2D eigenvalue weighted by atomic mass is 9.77. The Hall–Kier alpha value is -4.32. The fourth-order valence-corrected chi connectivity index (χ4v) is 5.56. The lowest BCUT2D eigenvalue weighted by Gasteiger charge is -2.37. The molecule has 6 heteroatoms. The van der Waals surface area contributed by atoms with E-state index in [9.17, 15) is 9.59 Å². The van der Waals surface area contributed by atoms with E-state index in [0.717, 1.165) is 46.2 Å². The van der Waals surface area contributed by atoms with E-state index in [2.05, 4.69) is 30.1 Å². The van der Waals surface area contributed by atoms with E-state index in [-0.39, 0.29) is 11.9 Å². The van der Waals surface area contributed by atoms with Gasteiger partial charge in [-0.25, -0.2) is 4.79 Å². The smallest absolute Gasteiger partial charge is 0.340 e. The summed E-state index contributed by atoms with van der Waals surface area (Å²) < 4.78 is 12.9. The molecule has 6 nitrogen and oxygen atoms in total.